The van der Waals surface area contributed by atoms with E-state index < -0.39 is 0 Å². The van der Waals surface area contributed by atoms with Gasteiger partial charge in [-0.3, -0.25) is 4.79 Å². The molecule has 1 aromatic heterocycles. The first-order chi connectivity index (χ1) is 20.0. The Labute approximate surface area is 241 Å². The summed E-state index contributed by atoms with van der Waals surface area (Å²) in [6.45, 7) is 10.9. The van der Waals surface area contributed by atoms with Crippen molar-refractivity contribution in [3.63, 3.8) is 0 Å². The summed E-state index contributed by atoms with van der Waals surface area (Å²) < 4.78 is 11.3. The molecule has 2 aliphatic rings. The summed E-state index contributed by atoms with van der Waals surface area (Å²) >= 11 is 0. The molecule has 0 unspecified atom stereocenters. The van der Waals surface area contributed by atoms with E-state index in [0.29, 0.717) is 37.2 Å². The first-order valence-corrected chi connectivity index (χ1v) is 13.9. The second-order valence-corrected chi connectivity index (χ2v) is 10.1. The molecule has 2 aromatic carbocycles. The summed E-state index contributed by atoms with van der Waals surface area (Å²) in [5.74, 6) is 1.65. The highest BCUT2D eigenvalue weighted by molar-refractivity contribution is 5.98. The normalized spacial score (nSPS) is 15.8. The highest BCUT2D eigenvalue weighted by Gasteiger charge is 2.19. The van der Waals surface area contributed by atoms with Crippen molar-refractivity contribution in [3.05, 3.63) is 66.9 Å². The van der Waals surface area contributed by atoms with Crippen LogP contribution in [-0.2, 0) is 16.1 Å². The smallest absolute Gasteiger partial charge is 0.247 e. The number of amides is 1. The van der Waals surface area contributed by atoms with Crippen molar-refractivity contribution in [2.75, 3.05) is 92.4 Å². The lowest BCUT2D eigenvalue weighted by Crippen LogP contribution is -2.44. The number of ether oxygens (including phenoxy) is 2. The maximum atomic E-state index is 11.7. The molecule has 0 saturated carbocycles. The van der Waals surface area contributed by atoms with Gasteiger partial charge in [0.1, 0.15) is 5.75 Å². The van der Waals surface area contributed by atoms with Crippen LogP contribution in [0.2, 0.25) is 0 Å². The maximum absolute atomic E-state index is 11.7. The van der Waals surface area contributed by atoms with Gasteiger partial charge in [-0.15, -0.1) is 0 Å². The lowest BCUT2D eigenvalue weighted by atomic mass is 10.2. The van der Waals surface area contributed by atoms with Crippen LogP contribution in [0.15, 0.2) is 61.3 Å². The number of nitrogens with one attached hydrogen (secondary N) is 3. The number of rotatable bonds is 10. The molecular formula is C30H38N8O3. The largest absolute Gasteiger partial charge is 0.494 e. The predicted octanol–water partition coefficient (Wildman–Crippen LogP) is 3.55. The fourth-order valence-corrected chi connectivity index (χ4v) is 4.90. The highest BCUT2D eigenvalue weighted by atomic mass is 16.5. The molecule has 5 rings (SSSR count). The molecule has 11 heteroatoms. The number of benzene rings is 2. The van der Waals surface area contributed by atoms with Crippen LogP contribution in [0.5, 0.6) is 5.75 Å². The van der Waals surface area contributed by atoms with E-state index in [0.717, 1.165) is 67.6 Å². The number of piperazine rings is 1. The Balaban J connectivity index is 1.35. The van der Waals surface area contributed by atoms with Crippen LogP contribution in [0.4, 0.5) is 34.5 Å². The maximum Gasteiger partial charge on any atom is 0.247 e. The molecule has 3 N–H and O–H groups in total. The Hall–Kier alpha value is -4.35. The van der Waals surface area contributed by atoms with E-state index in [1.165, 1.54) is 6.08 Å². The van der Waals surface area contributed by atoms with Crippen molar-refractivity contribution in [1.29, 1.82) is 0 Å². The van der Waals surface area contributed by atoms with Gasteiger partial charge in [-0.1, -0.05) is 18.7 Å². The quantitative estimate of drug-likeness (QED) is 0.320. The molecule has 2 fully saturated rings. The van der Waals surface area contributed by atoms with E-state index in [4.69, 9.17) is 14.5 Å². The van der Waals surface area contributed by atoms with Gasteiger partial charge in [0, 0.05) is 63.3 Å². The molecule has 0 aliphatic carbocycles. The number of anilines is 6. The second-order valence-electron chi connectivity index (χ2n) is 10.1. The number of nitrogens with zero attached hydrogens (tertiary/aromatic N) is 5. The Bertz CT molecular complexity index is 1350. The number of hydrogen-bond acceptors (Lipinski definition) is 10. The third kappa shape index (κ3) is 7.24. The van der Waals surface area contributed by atoms with E-state index in [2.05, 4.69) is 61.4 Å². The average Bonchev–Trinajstić information content (AvgIpc) is 3.01. The number of carbonyl (C=O) groups is 1. The van der Waals surface area contributed by atoms with Gasteiger partial charge >= 0.3 is 0 Å². The van der Waals surface area contributed by atoms with Gasteiger partial charge in [-0.2, -0.15) is 4.98 Å². The summed E-state index contributed by atoms with van der Waals surface area (Å²) in [6, 6.07) is 13.9. The van der Waals surface area contributed by atoms with Gasteiger partial charge in [-0.05, 0) is 43.0 Å². The van der Waals surface area contributed by atoms with Crippen molar-refractivity contribution >= 4 is 40.4 Å². The molecule has 216 valence electrons. The topological polar surface area (TPSA) is 107 Å². The molecule has 2 aliphatic heterocycles. The van der Waals surface area contributed by atoms with Crippen molar-refractivity contribution in [3.8, 4) is 5.75 Å². The van der Waals surface area contributed by atoms with Crippen LogP contribution in [0.1, 0.15) is 5.56 Å². The van der Waals surface area contributed by atoms with Crippen LogP contribution in [0.3, 0.4) is 0 Å². The average molecular weight is 559 g/mol. The van der Waals surface area contributed by atoms with Crippen LogP contribution < -0.4 is 30.5 Å². The fourth-order valence-electron chi connectivity index (χ4n) is 4.90. The third-order valence-electron chi connectivity index (χ3n) is 7.26. The van der Waals surface area contributed by atoms with Crippen molar-refractivity contribution < 1.29 is 14.3 Å². The molecule has 0 bridgehead atoms. The molecule has 3 aromatic rings. The number of methoxy groups -OCH3 is 1. The SMILES string of the molecule is C=CC(=O)Nc1cccc(CNc2nc(Nc3ccc(N4CCN(C)CC4)cc3OC)ncc2N2CCOCC2)c1. The molecule has 2 saturated heterocycles. The molecule has 0 spiro atoms. The van der Waals surface area contributed by atoms with Crippen LogP contribution in [-0.4, -0.2) is 87.4 Å². The minimum Gasteiger partial charge on any atom is -0.494 e. The summed E-state index contributed by atoms with van der Waals surface area (Å²) in [7, 11) is 3.83. The van der Waals surface area contributed by atoms with Gasteiger partial charge in [0.25, 0.3) is 0 Å². The molecule has 0 radical (unpaired) electrons. The third-order valence-corrected chi connectivity index (χ3v) is 7.26. The van der Waals surface area contributed by atoms with E-state index in [-0.39, 0.29) is 5.91 Å². The zero-order valence-corrected chi connectivity index (χ0v) is 23.7. The van der Waals surface area contributed by atoms with E-state index in [1.54, 1.807) is 7.11 Å². The summed E-state index contributed by atoms with van der Waals surface area (Å²) in [5, 5.41) is 9.64. The molecule has 41 heavy (non-hydrogen) atoms. The number of aromatic nitrogens is 2. The van der Waals surface area contributed by atoms with Gasteiger partial charge in [0.2, 0.25) is 11.9 Å². The van der Waals surface area contributed by atoms with Gasteiger partial charge < -0.3 is 40.1 Å². The van der Waals surface area contributed by atoms with E-state index in [1.807, 2.05) is 36.5 Å². The Kier molecular flexibility index (Phi) is 9.17. The highest BCUT2D eigenvalue weighted by Crippen LogP contribution is 2.33. The monoisotopic (exact) mass is 558 g/mol. The van der Waals surface area contributed by atoms with Gasteiger partial charge in [0.15, 0.2) is 5.82 Å². The van der Waals surface area contributed by atoms with Gasteiger partial charge in [-0.25, -0.2) is 4.98 Å². The predicted molar refractivity (Wildman–Crippen MR) is 164 cm³/mol. The zero-order chi connectivity index (χ0) is 28.6. The zero-order valence-electron chi connectivity index (χ0n) is 23.7. The first-order valence-electron chi connectivity index (χ1n) is 13.9. The lowest BCUT2D eigenvalue weighted by Gasteiger charge is -2.34. The molecule has 3 heterocycles. The van der Waals surface area contributed by atoms with Crippen LogP contribution >= 0.6 is 0 Å². The lowest BCUT2D eigenvalue weighted by molar-refractivity contribution is -0.111. The van der Waals surface area contributed by atoms with Crippen molar-refractivity contribution in [2.24, 2.45) is 0 Å². The van der Waals surface area contributed by atoms with Crippen LogP contribution in [0.25, 0.3) is 0 Å². The number of carbonyl (C=O) groups excluding carboxylic acids is 1. The van der Waals surface area contributed by atoms with Crippen molar-refractivity contribution in [1.82, 2.24) is 14.9 Å². The van der Waals surface area contributed by atoms with Crippen LogP contribution in [0, 0.1) is 0 Å². The Morgan fingerprint density at radius 3 is 2.63 bits per heavy atom. The number of morpholine rings is 1. The summed E-state index contributed by atoms with van der Waals surface area (Å²) in [5.41, 5.74) is 4.54. The minimum atomic E-state index is -0.247. The van der Waals surface area contributed by atoms with E-state index in [9.17, 15) is 4.79 Å². The van der Waals surface area contributed by atoms with Gasteiger partial charge in [0.05, 0.1) is 37.9 Å². The standard InChI is InChI=1S/C30H38N8O3/c1-4-28(39)33-23-7-5-6-22(18-23)20-31-29-26(38-14-16-41-17-15-38)21-32-30(35-29)34-25-9-8-24(19-27(25)40-3)37-12-10-36(2)11-13-37/h4-9,18-19,21H,1,10-17,20H2,2-3H3,(H,33,39)(H2,31,32,34,35). The summed E-state index contributed by atoms with van der Waals surface area (Å²) in [6.07, 6.45) is 3.10. The Morgan fingerprint density at radius 1 is 1.07 bits per heavy atom. The second kappa shape index (κ2) is 13.3. The molecule has 1 amide bonds. The van der Waals surface area contributed by atoms with Crippen molar-refractivity contribution in [2.45, 2.75) is 6.54 Å². The molecule has 11 nitrogen and oxygen atoms in total. The van der Waals surface area contributed by atoms with E-state index >= 15 is 0 Å². The fraction of sp³-hybridized carbons (Fsp3) is 0.367. The molecule has 0 atom stereocenters. The minimum absolute atomic E-state index is 0.247. The first kappa shape index (κ1) is 28.2. The Morgan fingerprint density at radius 2 is 1.88 bits per heavy atom. The number of hydrogen-bond donors (Lipinski definition) is 3. The summed E-state index contributed by atoms with van der Waals surface area (Å²) in [4.78, 5) is 28.2. The number of likely N-dealkylation sites (N-methyl/N-ethyl adjacent to an activating group) is 1. The molecular weight excluding hydrogens is 520 g/mol.